The van der Waals surface area contributed by atoms with Crippen LogP contribution in [-0.2, 0) is 10.0 Å². The zero-order chi connectivity index (χ0) is 20.3. The van der Waals surface area contributed by atoms with E-state index in [1.54, 1.807) is 0 Å². The van der Waals surface area contributed by atoms with Crippen LogP contribution in [0.25, 0.3) is 0 Å². The Morgan fingerprint density at radius 1 is 1.29 bits per heavy atom. The van der Waals surface area contributed by atoms with Crippen molar-refractivity contribution in [1.29, 1.82) is 0 Å². The van der Waals surface area contributed by atoms with Crippen molar-refractivity contribution in [3.8, 4) is 0 Å². The van der Waals surface area contributed by atoms with Crippen LogP contribution in [0, 0.1) is 0 Å². The Bertz CT molecular complexity index is 958. The van der Waals surface area contributed by atoms with Crippen LogP contribution in [0.1, 0.15) is 17.3 Å². The normalized spacial score (nSPS) is 16.2. The third-order valence-corrected chi connectivity index (χ3v) is 8.40. The topological polar surface area (TPSA) is 95.5 Å². The number of carbonyl (C=O) groups excluding carboxylic acids is 1. The van der Waals surface area contributed by atoms with Gasteiger partial charge in [-0.2, -0.15) is 4.31 Å². The molecule has 12 heteroatoms. The average molecular weight is 462 g/mol. The first-order chi connectivity index (χ1) is 13.3. The number of halogens is 1. The largest absolute Gasteiger partial charge is 0.304 e. The molecule has 1 fully saturated rings. The Labute approximate surface area is 177 Å². The van der Waals surface area contributed by atoms with Crippen LogP contribution < -0.4 is 5.32 Å². The van der Waals surface area contributed by atoms with Gasteiger partial charge in [-0.1, -0.05) is 41.6 Å². The monoisotopic (exact) mass is 461 g/mol. The van der Waals surface area contributed by atoms with Gasteiger partial charge in [-0.25, -0.2) is 8.42 Å². The molecule has 0 spiro atoms. The Hall–Kier alpha value is -1.24. The molecule has 0 atom stereocenters. The van der Waals surface area contributed by atoms with Crippen LogP contribution in [0.4, 0.5) is 5.13 Å². The standard InChI is InChI=1S/C16H20ClN5O3S3/c1-3-26-16-20-19-15(27-16)18-14(23)11-4-5-12(17)13(10-11)28(24,25)22-8-6-21(2)7-9-22/h4-5,10H,3,6-9H2,1-2H3,(H,18,19,23). The minimum Gasteiger partial charge on any atom is -0.304 e. The van der Waals surface area contributed by atoms with Crippen molar-refractivity contribution in [3.63, 3.8) is 0 Å². The Morgan fingerprint density at radius 3 is 2.68 bits per heavy atom. The smallest absolute Gasteiger partial charge is 0.257 e. The van der Waals surface area contributed by atoms with Crippen molar-refractivity contribution >= 4 is 55.8 Å². The van der Waals surface area contributed by atoms with Gasteiger partial charge in [0.1, 0.15) is 4.90 Å². The van der Waals surface area contributed by atoms with Gasteiger partial charge in [-0.3, -0.25) is 10.1 Å². The Balaban J connectivity index is 1.81. The molecule has 152 valence electrons. The molecule has 1 aromatic heterocycles. The fourth-order valence-corrected chi connectivity index (χ4v) is 6.19. The van der Waals surface area contributed by atoms with Gasteiger partial charge < -0.3 is 4.90 Å². The lowest BCUT2D eigenvalue weighted by Gasteiger charge is -2.31. The number of likely N-dealkylation sites (N-methyl/N-ethyl adjacent to an activating group) is 1. The average Bonchev–Trinajstić information content (AvgIpc) is 3.09. The van der Waals surface area contributed by atoms with Gasteiger partial charge in [-0.15, -0.1) is 10.2 Å². The predicted octanol–water partition coefficient (Wildman–Crippen LogP) is 2.49. The van der Waals surface area contributed by atoms with Crippen molar-refractivity contribution in [2.24, 2.45) is 0 Å². The second kappa shape index (κ2) is 9.06. The van der Waals surface area contributed by atoms with Crippen molar-refractivity contribution in [2.75, 3.05) is 44.3 Å². The molecule has 2 aromatic rings. The number of thioether (sulfide) groups is 1. The number of hydrogen-bond acceptors (Lipinski definition) is 8. The summed E-state index contributed by atoms with van der Waals surface area (Å²) < 4.78 is 28.1. The highest BCUT2D eigenvalue weighted by atomic mass is 35.5. The van der Waals surface area contributed by atoms with E-state index in [1.165, 1.54) is 45.6 Å². The molecule has 1 aliphatic rings. The summed E-state index contributed by atoms with van der Waals surface area (Å²) in [5.41, 5.74) is 0.192. The molecule has 1 amide bonds. The van der Waals surface area contributed by atoms with E-state index >= 15 is 0 Å². The summed E-state index contributed by atoms with van der Waals surface area (Å²) in [7, 11) is -1.84. The number of nitrogens with one attached hydrogen (secondary N) is 1. The molecule has 0 bridgehead atoms. The summed E-state index contributed by atoms with van der Waals surface area (Å²) in [5, 5.41) is 11.0. The quantitative estimate of drug-likeness (QED) is 0.521. The number of amides is 1. The molecule has 0 saturated carbocycles. The van der Waals surface area contributed by atoms with Crippen LogP contribution in [-0.4, -0.2) is 72.7 Å². The highest BCUT2D eigenvalue weighted by Crippen LogP contribution is 2.28. The molecule has 0 aliphatic carbocycles. The first-order valence-electron chi connectivity index (χ1n) is 8.57. The Kier molecular flexibility index (Phi) is 6.94. The second-order valence-electron chi connectivity index (χ2n) is 6.11. The number of rotatable bonds is 6. The molecule has 0 unspecified atom stereocenters. The molecule has 8 nitrogen and oxygen atoms in total. The van der Waals surface area contributed by atoms with Crippen molar-refractivity contribution in [3.05, 3.63) is 28.8 Å². The number of sulfonamides is 1. The van der Waals surface area contributed by atoms with E-state index in [0.717, 1.165) is 10.1 Å². The van der Waals surface area contributed by atoms with Gasteiger partial charge in [0.05, 0.1) is 5.02 Å². The molecule has 28 heavy (non-hydrogen) atoms. The van der Waals surface area contributed by atoms with Crippen molar-refractivity contribution in [1.82, 2.24) is 19.4 Å². The van der Waals surface area contributed by atoms with Crippen LogP contribution in [0.15, 0.2) is 27.4 Å². The number of hydrogen-bond donors (Lipinski definition) is 1. The number of benzene rings is 1. The molecule has 1 aliphatic heterocycles. The highest BCUT2D eigenvalue weighted by molar-refractivity contribution is 8.01. The maximum atomic E-state index is 13.0. The van der Waals surface area contributed by atoms with Crippen LogP contribution in [0.3, 0.4) is 0 Å². The number of piperazine rings is 1. The highest BCUT2D eigenvalue weighted by Gasteiger charge is 2.30. The molecule has 3 rings (SSSR count). The van der Waals surface area contributed by atoms with Gasteiger partial charge in [0.15, 0.2) is 4.34 Å². The van der Waals surface area contributed by atoms with Crippen LogP contribution >= 0.6 is 34.7 Å². The second-order valence-corrected chi connectivity index (χ2v) is 10.9. The molecule has 1 N–H and O–H groups in total. The predicted molar refractivity (Wildman–Crippen MR) is 112 cm³/mol. The van der Waals surface area contributed by atoms with E-state index in [9.17, 15) is 13.2 Å². The zero-order valence-electron chi connectivity index (χ0n) is 15.4. The lowest BCUT2D eigenvalue weighted by atomic mass is 10.2. The van der Waals surface area contributed by atoms with E-state index in [2.05, 4.69) is 20.4 Å². The molecule has 1 saturated heterocycles. The molecule has 2 heterocycles. The Morgan fingerprint density at radius 2 is 2.00 bits per heavy atom. The number of nitrogens with zero attached hydrogens (tertiary/aromatic N) is 4. The third-order valence-electron chi connectivity index (χ3n) is 4.17. The van der Waals surface area contributed by atoms with E-state index in [0.29, 0.717) is 31.3 Å². The van der Waals surface area contributed by atoms with Gasteiger partial charge in [-0.05, 0) is 31.0 Å². The summed E-state index contributed by atoms with van der Waals surface area (Å²) in [6.07, 6.45) is 0. The minimum atomic E-state index is -3.78. The van der Waals surface area contributed by atoms with E-state index in [1.807, 2.05) is 14.0 Å². The fraction of sp³-hybridized carbons (Fsp3) is 0.438. The van der Waals surface area contributed by atoms with Crippen LogP contribution in [0.5, 0.6) is 0 Å². The molecule has 0 radical (unpaired) electrons. The van der Waals surface area contributed by atoms with Gasteiger partial charge in [0.25, 0.3) is 5.91 Å². The number of aromatic nitrogens is 2. The lowest BCUT2D eigenvalue weighted by Crippen LogP contribution is -2.47. The SMILES string of the molecule is CCSc1nnc(NC(=O)c2ccc(Cl)c(S(=O)(=O)N3CCN(C)CC3)c2)s1. The lowest BCUT2D eigenvalue weighted by molar-refractivity contribution is 0.102. The first-order valence-corrected chi connectivity index (χ1v) is 12.2. The fourth-order valence-electron chi connectivity index (χ4n) is 2.62. The summed E-state index contributed by atoms with van der Waals surface area (Å²) in [4.78, 5) is 14.5. The van der Waals surface area contributed by atoms with Crippen molar-refractivity contribution in [2.45, 2.75) is 16.2 Å². The first kappa shape index (κ1) is 21.5. The molecular formula is C16H20ClN5O3S3. The van der Waals surface area contributed by atoms with E-state index in [4.69, 9.17) is 11.6 Å². The summed E-state index contributed by atoms with van der Waals surface area (Å²) in [6, 6.07) is 4.23. The maximum absolute atomic E-state index is 13.0. The number of carbonyl (C=O) groups is 1. The number of anilines is 1. The molecular weight excluding hydrogens is 442 g/mol. The van der Waals surface area contributed by atoms with E-state index in [-0.39, 0.29) is 15.5 Å². The summed E-state index contributed by atoms with van der Waals surface area (Å²) in [6.45, 7) is 4.06. The van der Waals surface area contributed by atoms with Crippen LogP contribution in [0.2, 0.25) is 5.02 Å². The van der Waals surface area contributed by atoms with Gasteiger partial charge >= 0.3 is 0 Å². The minimum absolute atomic E-state index is 0.0640. The van der Waals surface area contributed by atoms with Gasteiger partial charge in [0, 0.05) is 31.7 Å². The zero-order valence-corrected chi connectivity index (χ0v) is 18.6. The third kappa shape index (κ3) is 4.84. The summed E-state index contributed by atoms with van der Waals surface area (Å²) >= 11 is 8.96. The maximum Gasteiger partial charge on any atom is 0.257 e. The summed E-state index contributed by atoms with van der Waals surface area (Å²) in [5.74, 6) is 0.392. The van der Waals surface area contributed by atoms with Crippen molar-refractivity contribution < 1.29 is 13.2 Å². The van der Waals surface area contributed by atoms with E-state index < -0.39 is 15.9 Å². The molecule has 1 aromatic carbocycles. The van der Waals surface area contributed by atoms with Gasteiger partial charge in [0.2, 0.25) is 15.2 Å².